The van der Waals surface area contributed by atoms with Gasteiger partial charge in [0.05, 0.1) is 8.07 Å². The lowest BCUT2D eigenvalue weighted by atomic mass is 10.2. The summed E-state index contributed by atoms with van der Waals surface area (Å²) >= 11 is 0. The molecule has 1 unspecified atom stereocenters. The van der Waals surface area contributed by atoms with E-state index in [2.05, 4.69) is 18.1 Å². The monoisotopic (exact) mass is 407 g/mol. The Morgan fingerprint density at radius 2 is 1.67 bits per heavy atom. The van der Waals surface area contributed by atoms with Crippen LogP contribution in [0.2, 0.25) is 24.7 Å². The lowest BCUT2D eigenvalue weighted by Crippen LogP contribution is -2.56. The van der Waals surface area contributed by atoms with Gasteiger partial charge in [0.15, 0.2) is 0 Å². The summed E-state index contributed by atoms with van der Waals surface area (Å²) in [5, 5.41) is 0. The number of rotatable bonds is 10. The van der Waals surface area contributed by atoms with Gasteiger partial charge in [0.2, 0.25) is 0 Å². The number of benzene rings is 1. The van der Waals surface area contributed by atoms with E-state index in [1.807, 2.05) is 6.55 Å². The predicted molar refractivity (Wildman–Crippen MR) is 97.3 cm³/mol. The molecule has 0 saturated carbocycles. The van der Waals surface area contributed by atoms with Gasteiger partial charge in [-0.25, -0.2) is 0 Å². The van der Waals surface area contributed by atoms with Crippen molar-refractivity contribution < 1.29 is 31.8 Å². The van der Waals surface area contributed by atoms with Crippen LogP contribution >= 0.6 is 0 Å². The Balaban J connectivity index is 3.24. The molecule has 0 spiro atoms. The Bertz CT molecular complexity index is 643. The van der Waals surface area contributed by atoms with Crippen molar-refractivity contribution in [1.29, 1.82) is 0 Å². The summed E-state index contributed by atoms with van der Waals surface area (Å²) in [5.41, 5.74) is 0.0133. The minimum Gasteiger partial charge on any atom is -0.307 e. The number of halogens is 5. The molecule has 27 heavy (non-hydrogen) atoms. The molecule has 0 fully saturated rings. The Morgan fingerprint density at radius 1 is 1.15 bits per heavy atom. The van der Waals surface area contributed by atoms with Gasteiger partial charge in [0.25, 0.3) is 0 Å². The number of hydrogen-bond acceptors (Lipinski definition) is 2. The molecule has 0 aliphatic heterocycles. The summed E-state index contributed by atoms with van der Waals surface area (Å²) in [7, 11) is -2.07. The Labute approximate surface area is 156 Å². The zero-order valence-electron chi connectivity index (χ0n) is 14.9. The molecule has 0 bridgehead atoms. The minimum absolute atomic E-state index is 0.0133. The maximum atomic E-state index is 14.1. The fraction of sp³-hybridized carbons (Fsp3) is 0.389. The number of hydrogen-bond donors (Lipinski definition) is 0. The van der Waals surface area contributed by atoms with Crippen LogP contribution in [0.25, 0.3) is 0 Å². The molecular formula is C18H22F5NO2Si. The van der Waals surface area contributed by atoms with E-state index in [0.29, 0.717) is 23.0 Å². The highest BCUT2D eigenvalue weighted by molar-refractivity contribution is 6.79. The van der Waals surface area contributed by atoms with E-state index in [0.717, 1.165) is 0 Å². The Morgan fingerprint density at radius 3 is 2.07 bits per heavy atom. The third-order valence-electron chi connectivity index (χ3n) is 4.27. The minimum atomic E-state index is -5.87. The van der Waals surface area contributed by atoms with E-state index >= 15 is 0 Å². The van der Waals surface area contributed by atoms with Gasteiger partial charge in [-0.3, -0.25) is 4.79 Å². The summed E-state index contributed by atoms with van der Waals surface area (Å²) in [6.45, 7) is 9.10. The van der Waals surface area contributed by atoms with Crippen LogP contribution in [0, 0.1) is 0 Å². The second-order valence-corrected chi connectivity index (χ2v) is 11.4. The van der Waals surface area contributed by atoms with Gasteiger partial charge in [-0.1, -0.05) is 36.9 Å². The van der Waals surface area contributed by atoms with E-state index < -0.39 is 26.0 Å². The molecule has 0 radical (unpaired) electrons. The average molecular weight is 407 g/mol. The van der Waals surface area contributed by atoms with Crippen LogP contribution in [0.15, 0.2) is 55.6 Å². The molecule has 9 heteroatoms. The largest absolute Gasteiger partial charge is 0.461 e. The van der Waals surface area contributed by atoms with Crippen LogP contribution in [0.1, 0.15) is 0 Å². The van der Waals surface area contributed by atoms with Crippen LogP contribution in [0.4, 0.5) is 27.8 Å². The van der Waals surface area contributed by atoms with E-state index in [1.165, 1.54) is 24.3 Å². The van der Waals surface area contributed by atoms with E-state index in [1.54, 1.807) is 18.2 Å². The number of carbonyl (C=O) groups is 1. The van der Waals surface area contributed by atoms with Crippen molar-refractivity contribution in [2.45, 2.75) is 36.7 Å². The maximum Gasteiger partial charge on any atom is 0.461 e. The normalized spacial score (nSPS) is 14.3. The summed E-state index contributed by atoms with van der Waals surface area (Å²) in [4.78, 5) is 15.4. The SMILES string of the molecule is C=CC[Si](C)(CC=C)CCN(C(=O)C(F)(OF)C(F)(F)F)c1ccccc1. The van der Waals surface area contributed by atoms with E-state index in [-0.39, 0.29) is 12.2 Å². The number of carbonyl (C=O) groups excluding carboxylic acids is 1. The summed E-state index contributed by atoms with van der Waals surface area (Å²) in [5.74, 6) is -7.23. The first-order valence-electron chi connectivity index (χ1n) is 8.19. The van der Waals surface area contributed by atoms with Gasteiger partial charge >= 0.3 is 17.9 Å². The van der Waals surface area contributed by atoms with Crippen molar-refractivity contribution in [3.8, 4) is 0 Å². The van der Waals surface area contributed by atoms with Gasteiger partial charge in [-0.2, -0.15) is 17.6 Å². The molecule has 1 aromatic rings. The highest BCUT2D eigenvalue weighted by Crippen LogP contribution is 2.38. The molecule has 3 nitrogen and oxygen atoms in total. The molecule has 150 valence electrons. The topological polar surface area (TPSA) is 29.5 Å². The number of para-hydroxylation sites is 1. The third-order valence-corrected chi connectivity index (χ3v) is 8.25. The molecule has 0 N–H and O–H groups in total. The third kappa shape index (κ3) is 5.49. The van der Waals surface area contributed by atoms with Crippen LogP contribution in [-0.4, -0.2) is 32.6 Å². The lowest BCUT2D eigenvalue weighted by molar-refractivity contribution is -0.380. The zero-order chi connectivity index (χ0) is 20.7. The van der Waals surface area contributed by atoms with Crippen molar-refractivity contribution in [2.24, 2.45) is 0 Å². The number of amides is 1. The lowest BCUT2D eigenvalue weighted by Gasteiger charge is -2.33. The second kappa shape index (κ2) is 9.27. The van der Waals surface area contributed by atoms with Crippen LogP contribution < -0.4 is 4.90 Å². The zero-order valence-corrected chi connectivity index (χ0v) is 15.9. The summed E-state index contributed by atoms with van der Waals surface area (Å²) in [6, 6.07) is 8.82. The van der Waals surface area contributed by atoms with Crippen molar-refractivity contribution in [1.82, 2.24) is 0 Å². The van der Waals surface area contributed by atoms with E-state index in [4.69, 9.17) is 0 Å². The smallest absolute Gasteiger partial charge is 0.307 e. The molecule has 0 saturated heterocycles. The Kier molecular flexibility index (Phi) is 7.91. The fourth-order valence-corrected chi connectivity index (χ4v) is 5.43. The van der Waals surface area contributed by atoms with Gasteiger partial charge in [-0.15, -0.1) is 18.1 Å². The Hall–Kier alpha value is -2.00. The summed E-state index contributed by atoms with van der Waals surface area (Å²) < 4.78 is 65.5. The highest BCUT2D eigenvalue weighted by Gasteiger charge is 2.66. The molecule has 1 amide bonds. The maximum absolute atomic E-state index is 14.1. The van der Waals surface area contributed by atoms with Gasteiger partial charge in [0.1, 0.15) is 0 Å². The molecule has 0 aliphatic rings. The second-order valence-electron chi connectivity index (χ2n) is 6.51. The molecule has 1 aromatic carbocycles. The predicted octanol–water partition coefficient (Wildman–Crippen LogP) is 5.60. The molecular weight excluding hydrogens is 385 g/mol. The van der Waals surface area contributed by atoms with Crippen molar-refractivity contribution >= 4 is 19.7 Å². The number of alkyl halides is 4. The van der Waals surface area contributed by atoms with Gasteiger partial charge in [-0.05, 0) is 34.8 Å². The van der Waals surface area contributed by atoms with Crippen molar-refractivity contribution in [2.75, 3.05) is 11.4 Å². The number of allylic oxidation sites excluding steroid dienone is 2. The number of nitrogens with zero attached hydrogens (tertiary/aromatic N) is 1. The number of anilines is 1. The van der Waals surface area contributed by atoms with Gasteiger partial charge < -0.3 is 4.90 Å². The first kappa shape index (κ1) is 23.0. The first-order chi connectivity index (χ1) is 12.5. The highest BCUT2D eigenvalue weighted by atomic mass is 28.3. The van der Waals surface area contributed by atoms with Crippen molar-refractivity contribution in [3.05, 3.63) is 55.6 Å². The molecule has 0 aliphatic carbocycles. The fourth-order valence-electron chi connectivity index (χ4n) is 2.69. The van der Waals surface area contributed by atoms with Crippen LogP contribution in [-0.2, 0) is 9.74 Å². The van der Waals surface area contributed by atoms with Crippen LogP contribution in [0.5, 0.6) is 0 Å². The molecule has 0 heterocycles. The van der Waals surface area contributed by atoms with Crippen molar-refractivity contribution in [3.63, 3.8) is 0 Å². The van der Waals surface area contributed by atoms with E-state index in [9.17, 15) is 26.9 Å². The van der Waals surface area contributed by atoms with Crippen LogP contribution in [0.3, 0.4) is 0 Å². The quantitative estimate of drug-likeness (QED) is 0.287. The first-order valence-corrected chi connectivity index (χ1v) is 11.3. The molecule has 0 aromatic heterocycles. The standard InChI is InChI=1S/C18H22F5NO2Si/c1-4-12-27(3,13-5-2)14-11-24(15-9-7-6-8-10-15)16(25)17(19,26-23)18(20,21)22/h4-10H,1-2,11-14H2,3H3. The molecule has 1 atom stereocenters. The average Bonchev–Trinajstić information content (AvgIpc) is 2.61. The molecule has 1 rings (SSSR count). The summed E-state index contributed by atoms with van der Waals surface area (Å²) in [6.07, 6.45) is -2.47. The van der Waals surface area contributed by atoms with Gasteiger partial charge in [0, 0.05) is 12.2 Å².